The van der Waals surface area contributed by atoms with Crippen LogP contribution in [0.3, 0.4) is 0 Å². The lowest BCUT2D eigenvalue weighted by molar-refractivity contribution is -0.150. The Bertz CT molecular complexity index is 470. The average molecular weight is 464 g/mol. The largest absolute Gasteiger partial charge is 0.462 e. The van der Waals surface area contributed by atoms with Crippen molar-refractivity contribution < 1.29 is 9.53 Å². The molecule has 0 aromatic carbocycles. The zero-order valence-corrected chi connectivity index (χ0v) is 22.8. The molecule has 0 amide bonds. The smallest absolute Gasteiger partial charge is 0.306 e. The van der Waals surface area contributed by atoms with Crippen molar-refractivity contribution >= 4 is 5.97 Å². The molecular formula is C30H57NO2. The van der Waals surface area contributed by atoms with Crippen LogP contribution in [-0.4, -0.2) is 37.6 Å². The quantitative estimate of drug-likeness (QED) is 0.0812. The first-order valence-corrected chi connectivity index (χ1v) is 14.2. The second-order valence-corrected chi connectivity index (χ2v) is 9.88. The Kier molecular flexibility index (Phi) is 24.7. The molecule has 0 fully saturated rings. The summed E-state index contributed by atoms with van der Waals surface area (Å²) in [6.45, 7) is 5.59. The normalized spacial score (nSPS) is 12.9. The maximum absolute atomic E-state index is 12.4. The Morgan fingerprint density at radius 2 is 1.18 bits per heavy atom. The summed E-state index contributed by atoms with van der Waals surface area (Å²) in [6.07, 6.45) is 31.2. The molecule has 0 heterocycles. The molecule has 0 saturated heterocycles. The molecule has 0 aliphatic heterocycles. The van der Waals surface area contributed by atoms with Gasteiger partial charge in [0.05, 0.1) is 0 Å². The third-order valence-electron chi connectivity index (χ3n) is 6.11. The fourth-order valence-electron chi connectivity index (χ4n) is 3.97. The van der Waals surface area contributed by atoms with Crippen LogP contribution in [0.15, 0.2) is 24.3 Å². The van der Waals surface area contributed by atoms with Gasteiger partial charge in [-0.2, -0.15) is 0 Å². The molecule has 1 unspecified atom stereocenters. The van der Waals surface area contributed by atoms with Crippen LogP contribution in [0.4, 0.5) is 0 Å². The summed E-state index contributed by atoms with van der Waals surface area (Å²) in [5.74, 6) is 0.00998. The molecule has 1 atom stereocenters. The number of rotatable bonds is 24. The van der Waals surface area contributed by atoms with Crippen LogP contribution in [-0.2, 0) is 9.53 Å². The van der Waals surface area contributed by atoms with Gasteiger partial charge in [0.1, 0.15) is 6.10 Å². The molecule has 0 rings (SSSR count). The molecule has 0 spiro atoms. The van der Waals surface area contributed by atoms with Gasteiger partial charge in [-0.3, -0.25) is 4.79 Å². The molecule has 0 aliphatic rings. The van der Waals surface area contributed by atoms with Crippen LogP contribution in [0.2, 0.25) is 0 Å². The minimum absolute atomic E-state index is 0.00998. The van der Waals surface area contributed by atoms with Crippen molar-refractivity contribution in [3.05, 3.63) is 24.3 Å². The summed E-state index contributed by atoms with van der Waals surface area (Å²) in [5, 5.41) is 0. The van der Waals surface area contributed by atoms with E-state index in [1.54, 1.807) is 0 Å². The van der Waals surface area contributed by atoms with Crippen LogP contribution in [0, 0.1) is 0 Å². The minimum Gasteiger partial charge on any atom is -0.462 e. The van der Waals surface area contributed by atoms with Crippen molar-refractivity contribution in [1.29, 1.82) is 0 Å². The van der Waals surface area contributed by atoms with Crippen LogP contribution in [0.5, 0.6) is 0 Å². The third kappa shape index (κ3) is 25.4. The first-order valence-electron chi connectivity index (χ1n) is 14.2. The Hall–Kier alpha value is -1.09. The molecule has 0 radical (unpaired) electrons. The Morgan fingerprint density at radius 1 is 0.667 bits per heavy atom. The van der Waals surface area contributed by atoms with E-state index in [1.807, 2.05) is 0 Å². The molecule has 3 heteroatoms. The molecule has 3 nitrogen and oxygen atoms in total. The second-order valence-electron chi connectivity index (χ2n) is 9.88. The van der Waals surface area contributed by atoms with Gasteiger partial charge >= 0.3 is 5.97 Å². The highest BCUT2D eigenvalue weighted by molar-refractivity contribution is 5.69. The fraction of sp³-hybridized carbons (Fsp3) is 0.833. The third-order valence-corrected chi connectivity index (χ3v) is 6.11. The number of carbonyl (C=O) groups excluding carboxylic acids is 1. The highest BCUT2D eigenvalue weighted by Gasteiger charge is 2.13. The van der Waals surface area contributed by atoms with Gasteiger partial charge in [0.2, 0.25) is 0 Å². The van der Waals surface area contributed by atoms with E-state index in [-0.39, 0.29) is 12.1 Å². The predicted molar refractivity (Wildman–Crippen MR) is 146 cm³/mol. The first kappa shape index (κ1) is 31.9. The Labute approximate surface area is 207 Å². The monoisotopic (exact) mass is 463 g/mol. The summed E-state index contributed by atoms with van der Waals surface area (Å²) in [5.41, 5.74) is 0. The van der Waals surface area contributed by atoms with Gasteiger partial charge in [-0.05, 0) is 104 Å². The van der Waals surface area contributed by atoms with Crippen molar-refractivity contribution in [2.45, 2.75) is 142 Å². The minimum atomic E-state index is 0.00998. The summed E-state index contributed by atoms with van der Waals surface area (Å²) < 4.78 is 5.92. The van der Waals surface area contributed by atoms with Crippen molar-refractivity contribution in [2.24, 2.45) is 0 Å². The van der Waals surface area contributed by atoms with Crippen molar-refractivity contribution in [3.63, 3.8) is 0 Å². The molecule has 0 bridgehead atoms. The van der Waals surface area contributed by atoms with Gasteiger partial charge in [0.25, 0.3) is 0 Å². The van der Waals surface area contributed by atoms with E-state index >= 15 is 0 Å². The van der Waals surface area contributed by atoms with Crippen molar-refractivity contribution in [3.8, 4) is 0 Å². The molecule has 0 N–H and O–H groups in total. The van der Waals surface area contributed by atoms with Crippen LogP contribution >= 0.6 is 0 Å². The number of ether oxygens (including phenoxy) is 1. The Balaban J connectivity index is 4.19. The molecule has 0 aromatic heterocycles. The van der Waals surface area contributed by atoms with E-state index in [0.717, 1.165) is 64.3 Å². The number of unbranched alkanes of at least 4 members (excludes halogenated alkanes) is 11. The van der Waals surface area contributed by atoms with Crippen LogP contribution in [0.1, 0.15) is 136 Å². The van der Waals surface area contributed by atoms with Crippen molar-refractivity contribution in [1.82, 2.24) is 4.90 Å². The van der Waals surface area contributed by atoms with E-state index in [2.05, 4.69) is 57.1 Å². The van der Waals surface area contributed by atoms with E-state index in [9.17, 15) is 4.79 Å². The molecule has 33 heavy (non-hydrogen) atoms. The summed E-state index contributed by atoms with van der Waals surface area (Å²) >= 11 is 0. The second kappa shape index (κ2) is 25.5. The van der Waals surface area contributed by atoms with E-state index in [0.29, 0.717) is 6.42 Å². The fourth-order valence-corrected chi connectivity index (χ4v) is 3.97. The lowest BCUT2D eigenvalue weighted by Crippen LogP contribution is -2.18. The zero-order valence-electron chi connectivity index (χ0n) is 22.8. The highest BCUT2D eigenvalue weighted by Crippen LogP contribution is 2.16. The maximum Gasteiger partial charge on any atom is 0.306 e. The number of esters is 1. The number of nitrogens with zero attached hydrogens (tertiary/aromatic N) is 1. The average Bonchev–Trinajstić information content (AvgIpc) is 2.79. The van der Waals surface area contributed by atoms with Gasteiger partial charge < -0.3 is 9.64 Å². The first-order chi connectivity index (χ1) is 16.1. The van der Waals surface area contributed by atoms with E-state index in [1.165, 1.54) is 57.8 Å². The SMILES string of the molecule is CCCCC/C=C\CCCCC(CCC/C=C\CCCCC)OC(=O)CCCCCN(C)C. The number of carbonyl (C=O) groups is 1. The van der Waals surface area contributed by atoms with Gasteiger partial charge in [-0.25, -0.2) is 0 Å². The standard InChI is InChI=1S/C30H57NO2/c1-5-7-9-11-13-15-17-19-22-26-29(25-21-18-16-14-12-10-8-6-2)33-30(32)27-23-20-24-28-31(3)4/h13-16,29H,5-12,17-28H2,1-4H3/b15-13-,16-14-. The maximum atomic E-state index is 12.4. The summed E-state index contributed by atoms with van der Waals surface area (Å²) in [6, 6.07) is 0. The molecule has 0 aliphatic carbocycles. The lowest BCUT2D eigenvalue weighted by atomic mass is 10.0. The summed E-state index contributed by atoms with van der Waals surface area (Å²) in [4.78, 5) is 14.6. The van der Waals surface area contributed by atoms with Gasteiger partial charge in [-0.1, -0.05) is 70.3 Å². The molecule has 0 aromatic rings. The molecule has 194 valence electrons. The number of hydrogen-bond acceptors (Lipinski definition) is 3. The van der Waals surface area contributed by atoms with E-state index in [4.69, 9.17) is 4.74 Å². The lowest BCUT2D eigenvalue weighted by Gasteiger charge is -2.18. The zero-order chi connectivity index (χ0) is 24.4. The molecule has 0 saturated carbocycles. The van der Waals surface area contributed by atoms with Crippen LogP contribution in [0.25, 0.3) is 0 Å². The predicted octanol–water partition coefficient (Wildman–Crippen LogP) is 9.02. The van der Waals surface area contributed by atoms with Gasteiger partial charge in [0, 0.05) is 6.42 Å². The van der Waals surface area contributed by atoms with E-state index < -0.39 is 0 Å². The van der Waals surface area contributed by atoms with Crippen LogP contribution < -0.4 is 0 Å². The summed E-state index contributed by atoms with van der Waals surface area (Å²) in [7, 11) is 4.20. The number of allylic oxidation sites excluding steroid dienone is 4. The van der Waals surface area contributed by atoms with Crippen molar-refractivity contribution in [2.75, 3.05) is 20.6 Å². The highest BCUT2D eigenvalue weighted by atomic mass is 16.5. The topological polar surface area (TPSA) is 29.5 Å². The Morgan fingerprint density at radius 3 is 1.73 bits per heavy atom. The molecular weight excluding hydrogens is 406 g/mol. The number of hydrogen-bond donors (Lipinski definition) is 0. The van der Waals surface area contributed by atoms with Gasteiger partial charge in [0.15, 0.2) is 0 Å². The van der Waals surface area contributed by atoms with Gasteiger partial charge in [-0.15, -0.1) is 0 Å².